The predicted molar refractivity (Wildman–Crippen MR) is 108 cm³/mol. The molecule has 1 aliphatic rings. The second kappa shape index (κ2) is 9.59. The van der Waals surface area contributed by atoms with Gasteiger partial charge in [-0.05, 0) is 0 Å². The van der Waals surface area contributed by atoms with Crippen LogP contribution >= 0.6 is 0 Å². The van der Waals surface area contributed by atoms with E-state index < -0.39 is 18.4 Å². The van der Waals surface area contributed by atoms with Gasteiger partial charge in [-0.3, -0.25) is 0 Å². The Morgan fingerprint density at radius 3 is 1.68 bits per heavy atom. The summed E-state index contributed by atoms with van der Waals surface area (Å²) in [5.41, 5.74) is 3.72. The number of hydrogen-bond acceptors (Lipinski definition) is 0. The first-order valence-corrected chi connectivity index (χ1v) is 18.5. The van der Waals surface area contributed by atoms with E-state index in [1.807, 2.05) is 18.2 Å². The predicted octanol–water partition coefficient (Wildman–Crippen LogP) is 7.24. The van der Waals surface area contributed by atoms with Crippen LogP contribution in [-0.2, 0) is 0 Å². The third-order valence-corrected chi connectivity index (χ3v) is 17.5. The van der Waals surface area contributed by atoms with E-state index in [1.165, 1.54) is 57.6 Å². The van der Waals surface area contributed by atoms with Crippen LogP contribution in [0.2, 0.25) is 22.5 Å². The molecule has 2 heteroatoms. The van der Waals surface area contributed by atoms with E-state index in [0.29, 0.717) is 0 Å². The number of rotatable bonds is 10. The van der Waals surface area contributed by atoms with Gasteiger partial charge >= 0.3 is 145 Å². The Balaban J connectivity index is 3.34. The van der Waals surface area contributed by atoms with Gasteiger partial charge in [0.15, 0.2) is 0 Å². The minimum absolute atomic E-state index is 0.830. The average Bonchev–Trinajstić information content (AvgIpc) is 2.71. The molecule has 0 unspecified atom stereocenters. The molecule has 22 heavy (non-hydrogen) atoms. The molecule has 0 N–H and O–H groups in total. The molecular weight excluding hydrogens is 370 g/mol. The first-order valence-electron chi connectivity index (χ1n) is 9.95. The third kappa shape index (κ3) is 4.25. The fraction of sp³-hybridized carbons (Fsp3) is 0.800. The first-order chi connectivity index (χ1) is 10.5. The summed E-state index contributed by atoms with van der Waals surface area (Å²) in [7, 11) is 0. The van der Waals surface area contributed by atoms with E-state index in [1.54, 1.807) is 0 Å². The molecule has 0 spiro atoms. The molecule has 1 aliphatic heterocycles. The van der Waals surface area contributed by atoms with Crippen molar-refractivity contribution in [2.75, 3.05) is 0 Å². The normalized spacial score (nSPS) is 17.6. The SMILES string of the molecule is CCCC[C]1=C(CC)C(B(CC)CC)=[C](CCCC)[Sn]1([CH3])[CH3]. The van der Waals surface area contributed by atoms with Gasteiger partial charge in [-0.15, -0.1) is 0 Å². The van der Waals surface area contributed by atoms with Crippen LogP contribution in [0.1, 0.15) is 79.6 Å². The van der Waals surface area contributed by atoms with Gasteiger partial charge < -0.3 is 0 Å². The third-order valence-electron chi connectivity index (χ3n) is 5.83. The van der Waals surface area contributed by atoms with Crippen molar-refractivity contribution >= 4 is 25.1 Å². The summed E-state index contributed by atoms with van der Waals surface area (Å²) in [6.45, 7) is 12.7. The van der Waals surface area contributed by atoms with Crippen LogP contribution in [0.15, 0.2) is 18.2 Å². The van der Waals surface area contributed by atoms with Crippen molar-refractivity contribution in [2.45, 2.75) is 102 Å². The molecule has 0 nitrogen and oxygen atoms in total. The molecule has 0 aliphatic carbocycles. The molecule has 0 radical (unpaired) electrons. The van der Waals surface area contributed by atoms with Crippen molar-refractivity contribution < 1.29 is 0 Å². The summed E-state index contributed by atoms with van der Waals surface area (Å²) in [6.07, 6.45) is 12.2. The molecule has 0 aromatic rings. The van der Waals surface area contributed by atoms with Gasteiger partial charge in [-0.25, -0.2) is 0 Å². The standard InChI is InChI=1S/C18H33B.2CH3.Sn/c1-6-11-13-15-17(8-3)18(16-14-12-7-2)19(9-4)10-5;;;/h6-14H2,1-5H3;2*1H3;. The van der Waals surface area contributed by atoms with Crippen molar-refractivity contribution in [1.82, 2.24) is 0 Å². The van der Waals surface area contributed by atoms with Crippen molar-refractivity contribution in [2.24, 2.45) is 0 Å². The van der Waals surface area contributed by atoms with Gasteiger partial charge in [-0.1, -0.05) is 0 Å². The van der Waals surface area contributed by atoms with Crippen LogP contribution in [-0.4, -0.2) is 25.1 Å². The summed E-state index contributed by atoms with van der Waals surface area (Å²) < 4.78 is 4.00. The van der Waals surface area contributed by atoms with Gasteiger partial charge in [0, 0.05) is 0 Å². The summed E-state index contributed by atoms with van der Waals surface area (Å²) in [5.74, 6) is 0. The Hall–Kier alpha value is 0.344. The quantitative estimate of drug-likeness (QED) is 0.334. The zero-order chi connectivity index (χ0) is 16.8. The van der Waals surface area contributed by atoms with E-state index in [9.17, 15) is 0 Å². The van der Waals surface area contributed by atoms with Crippen molar-refractivity contribution in [1.29, 1.82) is 0 Å². The van der Waals surface area contributed by atoms with E-state index in [-0.39, 0.29) is 0 Å². The average molecular weight is 409 g/mol. The van der Waals surface area contributed by atoms with E-state index in [2.05, 4.69) is 44.5 Å². The molecule has 0 bridgehead atoms. The van der Waals surface area contributed by atoms with Gasteiger partial charge in [-0.2, -0.15) is 0 Å². The Labute approximate surface area is 145 Å². The number of unbranched alkanes of at least 4 members (excludes halogenated alkanes) is 2. The fourth-order valence-corrected chi connectivity index (χ4v) is 16.0. The molecule has 0 saturated carbocycles. The van der Waals surface area contributed by atoms with Crippen LogP contribution in [0.25, 0.3) is 0 Å². The van der Waals surface area contributed by atoms with Gasteiger partial charge in [0.05, 0.1) is 0 Å². The molecule has 126 valence electrons. The van der Waals surface area contributed by atoms with E-state index in [0.717, 1.165) is 6.71 Å². The number of hydrogen-bond donors (Lipinski definition) is 0. The Kier molecular flexibility index (Phi) is 8.89. The molecule has 0 amide bonds. The first kappa shape index (κ1) is 20.4. The van der Waals surface area contributed by atoms with Crippen molar-refractivity contribution in [3.8, 4) is 0 Å². The summed E-state index contributed by atoms with van der Waals surface area (Å²) in [5, 5.41) is 0. The van der Waals surface area contributed by atoms with Crippen LogP contribution in [0.3, 0.4) is 0 Å². The Bertz CT molecular complexity index is 413. The minimum atomic E-state index is -2.21. The van der Waals surface area contributed by atoms with Gasteiger partial charge in [0.25, 0.3) is 0 Å². The van der Waals surface area contributed by atoms with Gasteiger partial charge in [0.1, 0.15) is 0 Å². The van der Waals surface area contributed by atoms with Crippen LogP contribution in [0.4, 0.5) is 0 Å². The van der Waals surface area contributed by atoms with E-state index >= 15 is 0 Å². The van der Waals surface area contributed by atoms with Crippen LogP contribution in [0, 0.1) is 0 Å². The maximum atomic E-state index is 2.72. The summed E-state index contributed by atoms with van der Waals surface area (Å²) in [4.78, 5) is 5.44. The maximum absolute atomic E-state index is 2.72. The molecule has 0 saturated heterocycles. The van der Waals surface area contributed by atoms with Crippen LogP contribution in [0.5, 0.6) is 0 Å². The molecule has 0 atom stereocenters. The van der Waals surface area contributed by atoms with E-state index in [4.69, 9.17) is 0 Å². The molecule has 1 rings (SSSR count). The summed E-state index contributed by atoms with van der Waals surface area (Å²) in [6, 6.07) is 0. The Morgan fingerprint density at radius 1 is 0.773 bits per heavy atom. The second-order valence-corrected chi connectivity index (χ2v) is 20.3. The van der Waals surface area contributed by atoms with Crippen LogP contribution < -0.4 is 0 Å². The molecule has 0 aromatic carbocycles. The summed E-state index contributed by atoms with van der Waals surface area (Å²) >= 11 is -2.21. The number of allylic oxidation sites excluding steroid dienone is 4. The van der Waals surface area contributed by atoms with Gasteiger partial charge in [0.2, 0.25) is 0 Å². The topological polar surface area (TPSA) is 0 Å². The zero-order valence-corrected chi connectivity index (χ0v) is 19.3. The Morgan fingerprint density at radius 2 is 1.27 bits per heavy atom. The monoisotopic (exact) mass is 410 g/mol. The fourth-order valence-electron chi connectivity index (χ4n) is 4.45. The zero-order valence-electron chi connectivity index (χ0n) is 16.4. The molecule has 0 fully saturated rings. The molecule has 1 heterocycles. The van der Waals surface area contributed by atoms with Crippen molar-refractivity contribution in [3.05, 3.63) is 18.2 Å². The van der Waals surface area contributed by atoms with Crippen molar-refractivity contribution in [3.63, 3.8) is 0 Å². The molecule has 0 aromatic heterocycles. The second-order valence-electron chi connectivity index (χ2n) is 7.55. The molecular formula is C20H39BSn.